The van der Waals surface area contributed by atoms with Gasteiger partial charge in [-0.3, -0.25) is 4.79 Å². The first-order valence-electron chi connectivity index (χ1n) is 8.83. The average molecular weight is 371 g/mol. The second kappa shape index (κ2) is 10.5. The van der Waals surface area contributed by atoms with E-state index in [1.54, 1.807) is 19.2 Å². The summed E-state index contributed by atoms with van der Waals surface area (Å²) in [5, 5.41) is 6.48. The van der Waals surface area contributed by atoms with E-state index in [0.717, 1.165) is 25.9 Å². The smallest absolute Gasteiger partial charge is 0.251 e. The van der Waals surface area contributed by atoms with Gasteiger partial charge in [-0.1, -0.05) is 20.8 Å². The number of carbonyl (C=O) groups excluding carboxylic acids is 1. The van der Waals surface area contributed by atoms with E-state index in [2.05, 4.69) is 31.4 Å². The highest BCUT2D eigenvalue weighted by Gasteiger charge is 2.23. The van der Waals surface area contributed by atoms with Crippen molar-refractivity contribution in [3.05, 3.63) is 23.8 Å². The van der Waals surface area contributed by atoms with E-state index in [1.807, 2.05) is 6.07 Å². The minimum absolute atomic E-state index is 0. The first-order valence-corrected chi connectivity index (χ1v) is 8.83. The molecule has 1 saturated heterocycles. The van der Waals surface area contributed by atoms with Crippen LogP contribution in [0.5, 0.6) is 11.5 Å². The van der Waals surface area contributed by atoms with Crippen molar-refractivity contribution >= 4 is 18.3 Å². The van der Waals surface area contributed by atoms with Gasteiger partial charge in [-0.05, 0) is 56.0 Å². The Labute approximate surface area is 157 Å². The quantitative estimate of drug-likeness (QED) is 0.773. The molecule has 1 aromatic rings. The SMILES string of the molecule is COc1cc(C(=O)NC2CCNCC2C)ccc1OCCC(C)C.Cl. The van der Waals surface area contributed by atoms with Crippen LogP contribution in [-0.4, -0.2) is 38.8 Å². The van der Waals surface area contributed by atoms with Crippen LogP contribution in [0.25, 0.3) is 0 Å². The molecule has 1 heterocycles. The lowest BCUT2D eigenvalue weighted by Crippen LogP contribution is -2.48. The number of hydrogen-bond donors (Lipinski definition) is 2. The van der Waals surface area contributed by atoms with Crippen LogP contribution in [-0.2, 0) is 0 Å². The third-order valence-electron chi connectivity index (χ3n) is 4.48. The molecule has 0 spiro atoms. The number of halogens is 1. The Morgan fingerprint density at radius 1 is 1.36 bits per heavy atom. The molecular weight excluding hydrogens is 340 g/mol. The molecule has 0 bridgehead atoms. The summed E-state index contributed by atoms with van der Waals surface area (Å²) in [5.74, 6) is 2.26. The molecule has 25 heavy (non-hydrogen) atoms. The standard InChI is InChI=1S/C19H30N2O3.ClH/c1-13(2)8-10-24-17-6-5-15(11-18(17)23-4)19(22)21-16-7-9-20-12-14(16)3;/h5-6,11,13-14,16,20H,7-10,12H2,1-4H3,(H,21,22);1H. The van der Waals surface area contributed by atoms with Crippen molar-refractivity contribution in [3.8, 4) is 11.5 Å². The maximum atomic E-state index is 12.5. The van der Waals surface area contributed by atoms with Crippen LogP contribution in [0, 0.1) is 11.8 Å². The molecule has 1 aliphatic heterocycles. The normalized spacial score (nSPS) is 19.9. The van der Waals surface area contributed by atoms with E-state index in [0.29, 0.717) is 35.5 Å². The third-order valence-corrected chi connectivity index (χ3v) is 4.48. The van der Waals surface area contributed by atoms with Crippen LogP contribution in [0.1, 0.15) is 44.0 Å². The highest BCUT2D eigenvalue weighted by Crippen LogP contribution is 2.28. The molecule has 142 valence electrons. The van der Waals surface area contributed by atoms with Crippen molar-refractivity contribution in [2.45, 2.75) is 39.7 Å². The van der Waals surface area contributed by atoms with E-state index in [1.165, 1.54) is 0 Å². The number of piperidine rings is 1. The Bertz CT molecular complexity index is 551. The van der Waals surface area contributed by atoms with Crippen LogP contribution < -0.4 is 20.1 Å². The van der Waals surface area contributed by atoms with Gasteiger partial charge in [-0.25, -0.2) is 0 Å². The van der Waals surface area contributed by atoms with Crippen molar-refractivity contribution in [2.24, 2.45) is 11.8 Å². The zero-order valence-corrected chi connectivity index (χ0v) is 16.4. The first-order chi connectivity index (χ1) is 11.5. The lowest BCUT2D eigenvalue weighted by Gasteiger charge is -2.30. The number of methoxy groups -OCH3 is 1. The van der Waals surface area contributed by atoms with E-state index >= 15 is 0 Å². The third kappa shape index (κ3) is 6.40. The van der Waals surface area contributed by atoms with Gasteiger partial charge in [-0.15, -0.1) is 12.4 Å². The number of hydrogen-bond acceptors (Lipinski definition) is 4. The lowest BCUT2D eigenvalue weighted by atomic mass is 9.95. The number of carbonyl (C=O) groups is 1. The molecular formula is C19H31ClN2O3. The van der Waals surface area contributed by atoms with Crippen LogP contribution >= 0.6 is 12.4 Å². The lowest BCUT2D eigenvalue weighted by molar-refractivity contribution is 0.0914. The minimum atomic E-state index is -0.0548. The topological polar surface area (TPSA) is 59.6 Å². The molecule has 2 N–H and O–H groups in total. The van der Waals surface area contributed by atoms with Crippen LogP contribution in [0.2, 0.25) is 0 Å². The summed E-state index contributed by atoms with van der Waals surface area (Å²) in [6.07, 6.45) is 1.94. The summed E-state index contributed by atoms with van der Waals surface area (Å²) in [6.45, 7) is 9.01. The summed E-state index contributed by atoms with van der Waals surface area (Å²) < 4.78 is 11.2. The molecule has 6 heteroatoms. The number of ether oxygens (including phenoxy) is 2. The summed E-state index contributed by atoms with van der Waals surface area (Å²) in [5.41, 5.74) is 0.605. The van der Waals surface area contributed by atoms with Crippen molar-refractivity contribution < 1.29 is 14.3 Å². The predicted octanol–water partition coefficient (Wildman–Crippen LogP) is 3.27. The van der Waals surface area contributed by atoms with Gasteiger partial charge in [0.05, 0.1) is 13.7 Å². The van der Waals surface area contributed by atoms with Gasteiger partial charge in [0.15, 0.2) is 11.5 Å². The Hall–Kier alpha value is -1.46. The number of nitrogens with one attached hydrogen (secondary N) is 2. The second-order valence-electron chi connectivity index (χ2n) is 6.95. The predicted molar refractivity (Wildman–Crippen MR) is 103 cm³/mol. The fourth-order valence-electron chi connectivity index (χ4n) is 2.81. The molecule has 1 amide bonds. The van der Waals surface area contributed by atoms with Crippen LogP contribution in [0.15, 0.2) is 18.2 Å². The first kappa shape index (κ1) is 21.6. The van der Waals surface area contributed by atoms with Crippen LogP contribution in [0.4, 0.5) is 0 Å². The number of amides is 1. The highest BCUT2D eigenvalue weighted by atomic mass is 35.5. The molecule has 1 fully saturated rings. The van der Waals surface area contributed by atoms with Gasteiger partial charge in [0.25, 0.3) is 5.91 Å². The van der Waals surface area contributed by atoms with Gasteiger partial charge in [0.1, 0.15) is 0 Å². The minimum Gasteiger partial charge on any atom is -0.493 e. The molecule has 2 atom stereocenters. The molecule has 2 unspecified atom stereocenters. The molecule has 0 saturated carbocycles. The number of rotatable bonds is 7. The van der Waals surface area contributed by atoms with Gasteiger partial charge in [0.2, 0.25) is 0 Å². The zero-order chi connectivity index (χ0) is 17.5. The van der Waals surface area contributed by atoms with Crippen LogP contribution in [0.3, 0.4) is 0 Å². The zero-order valence-electron chi connectivity index (χ0n) is 15.6. The Morgan fingerprint density at radius 3 is 2.76 bits per heavy atom. The van der Waals surface area contributed by atoms with Gasteiger partial charge in [0, 0.05) is 11.6 Å². The van der Waals surface area contributed by atoms with E-state index in [-0.39, 0.29) is 24.4 Å². The van der Waals surface area contributed by atoms with Gasteiger partial charge < -0.3 is 20.1 Å². The van der Waals surface area contributed by atoms with E-state index in [4.69, 9.17) is 9.47 Å². The molecule has 5 nitrogen and oxygen atoms in total. The summed E-state index contributed by atoms with van der Waals surface area (Å²) in [4.78, 5) is 12.5. The Balaban J connectivity index is 0.00000312. The Kier molecular flexibility index (Phi) is 9.08. The van der Waals surface area contributed by atoms with Gasteiger partial charge in [-0.2, -0.15) is 0 Å². The fourth-order valence-corrected chi connectivity index (χ4v) is 2.81. The molecule has 0 aliphatic carbocycles. The Morgan fingerprint density at radius 2 is 2.12 bits per heavy atom. The molecule has 0 radical (unpaired) electrons. The largest absolute Gasteiger partial charge is 0.493 e. The summed E-state index contributed by atoms with van der Waals surface area (Å²) in [7, 11) is 1.60. The van der Waals surface area contributed by atoms with E-state index in [9.17, 15) is 4.79 Å². The molecule has 2 rings (SSSR count). The maximum Gasteiger partial charge on any atom is 0.251 e. The highest BCUT2D eigenvalue weighted by molar-refractivity contribution is 5.95. The molecule has 1 aliphatic rings. The van der Waals surface area contributed by atoms with Crippen molar-refractivity contribution in [2.75, 3.05) is 26.8 Å². The number of benzene rings is 1. The summed E-state index contributed by atoms with van der Waals surface area (Å²) in [6, 6.07) is 5.59. The van der Waals surface area contributed by atoms with Gasteiger partial charge >= 0.3 is 0 Å². The average Bonchev–Trinajstić information content (AvgIpc) is 2.56. The summed E-state index contributed by atoms with van der Waals surface area (Å²) >= 11 is 0. The fraction of sp³-hybridized carbons (Fsp3) is 0.632. The molecule has 0 aromatic heterocycles. The monoisotopic (exact) mass is 370 g/mol. The maximum absolute atomic E-state index is 12.5. The van der Waals surface area contributed by atoms with E-state index < -0.39 is 0 Å². The van der Waals surface area contributed by atoms with Crippen molar-refractivity contribution in [1.29, 1.82) is 0 Å². The van der Waals surface area contributed by atoms with Crippen molar-refractivity contribution in [3.63, 3.8) is 0 Å². The second-order valence-corrected chi connectivity index (χ2v) is 6.95. The van der Waals surface area contributed by atoms with Crippen molar-refractivity contribution in [1.82, 2.24) is 10.6 Å². The molecule has 1 aromatic carbocycles.